The lowest BCUT2D eigenvalue weighted by Crippen LogP contribution is -2.38. The molecule has 2 aromatic rings. The van der Waals surface area contributed by atoms with Gasteiger partial charge in [0.25, 0.3) is 5.69 Å². The van der Waals surface area contributed by atoms with Crippen molar-refractivity contribution in [3.8, 4) is 0 Å². The Bertz CT molecular complexity index is 932. The first-order chi connectivity index (χ1) is 12.9. The topological polar surface area (TPSA) is 80.5 Å². The summed E-state index contributed by atoms with van der Waals surface area (Å²) in [7, 11) is 0. The number of non-ortho nitro benzene ring substituents is 1. The number of rotatable bonds is 5. The third-order valence-corrected chi connectivity index (χ3v) is 5.98. The fraction of sp³-hybridized carbons (Fsp3) is 0.333. The van der Waals surface area contributed by atoms with E-state index in [1.807, 2.05) is 43.3 Å². The number of benzene rings is 2. The van der Waals surface area contributed by atoms with Gasteiger partial charge in [0.1, 0.15) is 0 Å². The van der Waals surface area contributed by atoms with E-state index in [1.165, 1.54) is 17.0 Å². The van der Waals surface area contributed by atoms with E-state index < -0.39 is 22.2 Å². The first-order valence-electron chi connectivity index (χ1n) is 9.06. The number of amides is 2. The van der Waals surface area contributed by atoms with E-state index in [1.54, 1.807) is 6.92 Å². The third kappa shape index (κ3) is 2.47. The monoisotopic (exact) mass is 364 g/mol. The zero-order valence-corrected chi connectivity index (χ0v) is 15.2. The lowest BCUT2D eigenvalue weighted by atomic mass is 9.86. The molecular weight excluding hydrogens is 344 g/mol. The largest absolute Gasteiger partial charge is 0.278 e. The number of nitro benzene ring substituents is 1. The quantitative estimate of drug-likeness (QED) is 0.463. The number of hydrogen-bond acceptors (Lipinski definition) is 4. The Hall–Kier alpha value is -3.02. The average molecular weight is 364 g/mol. The van der Waals surface area contributed by atoms with Gasteiger partial charge >= 0.3 is 0 Å². The molecule has 3 atom stereocenters. The van der Waals surface area contributed by atoms with Gasteiger partial charge in [-0.15, -0.1) is 0 Å². The second-order valence-electron chi connectivity index (χ2n) is 7.41. The number of nitro groups is 1. The molecule has 27 heavy (non-hydrogen) atoms. The predicted molar refractivity (Wildman–Crippen MR) is 98.8 cm³/mol. The van der Waals surface area contributed by atoms with E-state index in [9.17, 15) is 19.7 Å². The number of imide groups is 1. The molecule has 0 N–H and O–H groups in total. The van der Waals surface area contributed by atoms with Gasteiger partial charge < -0.3 is 0 Å². The van der Waals surface area contributed by atoms with Gasteiger partial charge in [-0.3, -0.25) is 24.6 Å². The highest BCUT2D eigenvalue weighted by Crippen LogP contribution is 2.66. The van der Waals surface area contributed by atoms with E-state index in [0.29, 0.717) is 6.42 Å². The normalized spacial score (nSPS) is 26.2. The summed E-state index contributed by atoms with van der Waals surface area (Å²) in [6, 6.07) is 14.3. The Balaban J connectivity index is 1.67. The van der Waals surface area contributed by atoms with Gasteiger partial charge in [-0.25, -0.2) is 0 Å². The fourth-order valence-electron chi connectivity index (χ4n) is 4.67. The molecule has 0 spiro atoms. The number of carbonyl (C=O) groups excluding carboxylic acids is 2. The molecule has 138 valence electrons. The van der Waals surface area contributed by atoms with Gasteiger partial charge in [-0.2, -0.15) is 0 Å². The summed E-state index contributed by atoms with van der Waals surface area (Å²) in [4.78, 5) is 38.1. The number of likely N-dealkylation sites (tertiary alicyclic amines) is 1. The minimum absolute atomic E-state index is 0.00355. The molecule has 6 nitrogen and oxygen atoms in total. The fourth-order valence-corrected chi connectivity index (χ4v) is 4.67. The van der Waals surface area contributed by atoms with Crippen LogP contribution in [0, 0.1) is 28.9 Å². The highest BCUT2D eigenvalue weighted by molar-refractivity contribution is 6.11. The third-order valence-electron chi connectivity index (χ3n) is 5.98. The summed E-state index contributed by atoms with van der Waals surface area (Å²) in [5.41, 5.74) is 1.79. The molecule has 1 heterocycles. The van der Waals surface area contributed by atoms with Crippen LogP contribution >= 0.6 is 0 Å². The molecule has 4 rings (SSSR count). The van der Waals surface area contributed by atoms with Gasteiger partial charge in [0, 0.05) is 17.5 Å². The van der Waals surface area contributed by atoms with Gasteiger partial charge in [0.15, 0.2) is 0 Å². The zero-order chi connectivity index (χ0) is 19.3. The van der Waals surface area contributed by atoms with Crippen LogP contribution in [0.5, 0.6) is 0 Å². The molecular formula is C21H20N2O4. The van der Waals surface area contributed by atoms with Crippen LogP contribution in [0.2, 0.25) is 0 Å². The summed E-state index contributed by atoms with van der Waals surface area (Å²) < 4.78 is 0. The summed E-state index contributed by atoms with van der Waals surface area (Å²) in [6.07, 6.45) is 0.597. The number of hydrogen-bond donors (Lipinski definition) is 0. The standard InChI is InChI=1S/C21H20N2O4/c1-3-21(15-9-13(2)10-16(11-15)23(26)27)17-18(21)20(25)22(19(17)24)12-14-7-5-4-6-8-14/h4-11,17-18H,3,12H2,1-2H3/t17-,18+,21-. The van der Waals surface area contributed by atoms with Crippen molar-refractivity contribution in [3.05, 3.63) is 75.3 Å². The van der Waals surface area contributed by atoms with Gasteiger partial charge in [-0.1, -0.05) is 43.3 Å². The minimum atomic E-state index is -0.613. The molecule has 1 saturated carbocycles. The molecule has 2 amide bonds. The van der Waals surface area contributed by atoms with Crippen LogP contribution in [0.25, 0.3) is 0 Å². The zero-order valence-electron chi connectivity index (χ0n) is 15.2. The predicted octanol–water partition coefficient (Wildman–Crippen LogP) is 3.37. The second kappa shape index (κ2) is 6.01. The van der Waals surface area contributed by atoms with Crippen molar-refractivity contribution in [2.45, 2.75) is 32.2 Å². The molecule has 0 unspecified atom stereocenters. The Kier molecular flexibility index (Phi) is 3.87. The van der Waals surface area contributed by atoms with Crippen molar-refractivity contribution in [2.75, 3.05) is 0 Å². The SMILES string of the molecule is CC[C@]1(c2cc(C)cc([N+](=O)[O-])c2)[C@@H]2C(=O)N(Cc3ccccc3)C(=O)[C@@H]21. The van der Waals surface area contributed by atoms with Crippen molar-refractivity contribution in [1.82, 2.24) is 4.90 Å². The van der Waals surface area contributed by atoms with Gasteiger partial charge in [0.2, 0.25) is 11.8 Å². The van der Waals surface area contributed by atoms with Gasteiger partial charge in [0.05, 0.1) is 23.3 Å². The van der Waals surface area contributed by atoms with Crippen LogP contribution in [-0.4, -0.2) is 21.6 Å². The Labute approximate surface area is 156 Å². The summed E-state index contributed by atoms with van der Waals surface area (Å²) in [5, 5.41) is 11.2. The number of nitrogens with zero attached hydrogens (tertiary/aromatic N) is 2. The lowest BCUT2D eigenvalue weighted by Gasteiger charge is -2.25. The van der Waals surface area contributed by atoms with E-state index in [4.69, 9.17) is 0 Å². The molecule has 6 heteroatoms. The molecule has 2 aliphatic rings. The highest BCUT2D eigenvalue weighted by Gasteiger charge is 2.76. The highest BCUT2D eigenvalue weighted by atomic mass is 16.6. The number of piperidine rings is 1. The lowest BCUT2D eigenvalue weighted by molar-refractivity contribution is -0.385. The maximum absolute atomic E-state index is 13.0. The van der Waals surface area contributed by atoms with Gasteiger partial charge in [-0.05, 0) is 30.0 Å². The first kappa shape index (κ1) is 17.4. The molecule has 0 bridgehead atoms. The van der Waals surface area contributed by atoms with Crippen LogP contribution in [0.4, 0.5) is 5.69 Å². The summed E-state index contributed by atoms with van der Waals surface area (Å²) >= 11 is 0. The number of fused-ring (bicyclic) bond motifs is 1. The molecule has 1 saturated heterocycles. The second-order valence-corrected chi connectivity index (χ2v) is 7.41. The van der Waals surface area contributed by atoms with Crippen LogP contribution in [0.3, 0.4) is 0 Å². The first-order valence-corrected chi connectivity index (χ1v) is 9.06. The summed E-state index contributed by atoms with van der Waals surface area (Å²) in [6.45, 7) is 4.01. The molecule has 2 aromatic carbocycles. The average Bonchev–Trinajstić information content (AvgIpc) is 3.28. The summed E-state index contributed by atoms with van der Waals surface area (Å²) in [5.74, 6) is -1.17. The van der Waals surface area contributed by atoms with Crippen molar-refractivity contribution in [3.63, 3.8) is 0 Å². The molecule has 2 fully saturated rings. The van der Waals surface area contributed by atoms with Crippen LogP contribution in [-0.2, 0) is 21.5 Å². The van der Waals surface area contributed by atoms with E-state index in [0.717, 1.165) is 16.7 Å². The van der Waals surface area contributed by atoms with Crippen molar-refractivity contribution < 1.29 is 14.5 Å². The van der Waals surface area contributed by atoms with Crippen LogP contribution in [0.1, 0.15) is 30.0 Å². The number of carbonyl (C=O) groups is 2. The smallest absolute Gasteiger partial charge is 0.269 e. The van der Waals surface area contributed by atoms with E-state index in [-0.39, 0.29) is 24.0 Å². The Morgan fingerprint density at radius 1 is 1.07 bits per heavy atom. The number of aryl methyl sites for hydroxylation is 1. The van der Waals surface area contributed by atoms with E-state index in [2.05, 4.69) is 0 Å². The van der Waals surface area contributed by atoms with E-state index >= 15 is 0 Å². The maximum Gasteiger partial charge on any atom is 0.269 e. The Morgan fingerprint density at radius 2 is 1.70 bits per heavy atom. The maximum atomic E-state index is 13.0. The van der Waals surface area contributed by atoms with Crippen LogP contribution in [0.15, 0.2) is 48.5 Å². The molecule has 1 aliphatic carbocycles. The molecule has 0 radical (unpaired) electrons. The van der Waals surface area contributed by atoms with Crippen molar-refractivity contribution in [1.29, 1.82) is 0 Å². The van der Waals surface area contributed by atoms with Crippen molar-refractivity contribution >= 4 is 17.5 Å². The minimum Gasteiger partial charge on any atom is -0.278 e. The van der Waals surface area contributed by atoms with Crippen molar-refractivity contribution in [2.24, 2.45) is 11.8 Å². The molecule has 1 aliphatic heterocycles. The van der Waals surface area contributed by atoms with Crippen LogP contribution < -0.4 is 0 Å². The molecule has 0 aromatic heterocycles. The Morgan fingerprint density at radius 3 is 2.26 bits per heavy atom.